The highest BCUT2D eigenvalue weighted by molar-refractivity contribution is 6.30. The molecule has 0 saturated carbocycles. The van der Waals surface area contributed by atoms with Crippen molar-refractivity contribution in [2.45, 2.75) is 51.2 Å². The lowest BCUT2D eigenvalue weighted by Gasteiger charge is -2.31. The number of ether oxygens (including phenoxy) is 1. The largest absolute Gasteiger partial charge is 0.485 e. The Hall–Kier alpha value is -1.26. The quantitative estimate of drug-likeness (QED) is 0.597. The van der Waals surface area contributed by atoms with Crippen molar-refractivity contribution < 1.29 is 9.84 Å². The summed E-state index contributed by atoms with van der Waals surface area (Å²) < 4.78 is 6.07. The summed E-state index contributed by atoms with van der Waals surface area (Å²) in [5.41, 5.74) is 7.28. The van der Waals surface area contributed by atoms with Gasteiger partial charge in [0.15, 0.2) is 0 Å². The van der Waals surface area contributed by atoms with Crippen LogP contribution in [0.2, 0.25) is 5.02 Å². The maximum absolute atomic E-state index is 10.0. The molecule has 2 aromatic carbocycles. The van der Waals surface area contributed by atoms with Gasteiger partial charge in [0.05, 0.1) is 0 Å². The lowest BCUT2D eigenvalue weighted by Crippen LogP contribution is -2.46. The summed E-state index contributed by atoms with van der Waals surface area (Å²) in [5.74, 6) is 0.822. The van der Waals surface area contributed by atoms with E-state index >= 15 is 0 Å². The Morgan fingerprint density at radius 2 is 1.77 bits per heavy atom. The van der Waals surface area contributed by atoms with Crippen LogP contribution < -0.4 is 10.5 Å². The first-order valence-electron chi connectivity index (χ1n) is 8.82. The molecular weight excluding hydrogens is 369 g/mol. The number of rotatable bonds is 9. The third-order valence-corrected chi connectivity index (χ3v) is 4.66. The monoisotopic (exact) mass is 397 g/mol. The van der Waals surface area contributed by atoms with Gasteiger partial charge in [-0.3, -0.25) is 0 Å². The third-order valence-electron chi connectivity index (χ3n) is 4.42. The molecule has 0 aliphatic rings. The predicted octanol–water partition coefficient (Wildman–Crippen LogP) is 4.80. The fourth-order valence-corrected chi connectivity index (χ4v) is 3.00. The number of hydrogen-bond donors (Lipinski definition) is 2. The summed E-state index contributed by atoms with van der Waals surface area (Å²) >= 11 is 6.03. The average molecular weight is 398 g/mol. The van der Waals surface area contributed by atoms with Gasteiger partial charge < -0.3 is 15.6 Å². The van der Waals surface area contributed by atoms with Crippen LogP contribution in [0.15, 0.2) is 48.5 Å². The number of nitrogens with two attached hydrogens (primary N) is 1. The fourth-order valence-electron chi connectivity index (χ4n) is 2.78. The maximum atomic E-state index is 10.0. The van der Waals surface area contributed by atoms with Crippen LogP contribution >= 0.6 is 24.0 Å². The summed E-state index contributed by atoms with van der Waals surface area (Å²) in [6.07, 6.45) is 3.39. The molecular formula is C21H29Cl2NO2. The van der Waals surface area contributed by atoms with Crippen LogP contribution in [0, 0.1) is 0 Å². The molecule has 0 saturated heterocycles. The number of halogens is 2. The maximum Gasteiger partial charge on any atom is 0.130 e. The summed E-state index contributed by atoms with van der Waals surface area (Å²) in [7, 11) is 0. The van der Waals surface area contributed by atoms with Gasteiger partial charge in [0.1, 0.15) is 17.5 Å². The molecule has 0 fully saturated rings. The van der Waals surface area contributed by atoms with Crippen LogP contribution in [0.1, 0.15) is 37.8 Å². The molecule has 0 bridgehead atoms. The van der Waals surface area contributed by atoms with Crippen molar-refractivity contribution in [3.63, 3.8) is 0 Å². The zero-order valence-corrected chi connectivity index (χ0v) is 17.0. The molecule has 0 aromatic heterocycles. The van der Waals surface area contributed by atoms with Crippen LogP contribution in [0.25, 0.3) is 0 Å². The second kappa shape index (κ2) is 10.8. The first-order chi connectivity index (χ1) is 11.9. The summed E-state index contributed by atoms with van der Waals surface area (Å²) in [5, 5.41) is 10.8. The van der Waals surface area contributed by atoms with E-state index in [1.54, 1.807) is 0 Å². The summed E-state index contributed by atoms with van der Waals surface area (Å²) in [6, 6.07) is 16.0. The molecule has 0 amide bonds. The Morgan fingerprint density at radius 3 is 2.46 bits per heavy atom. The zero-order valence-electron chi connectivity index (χ0n) is 15.5. The number of para-hydroxylation sites is 1. The minimum atomic E-state index is -0.717. The van der Waals surface area contributed by atoms with Gasteiger partial charge in [-0.05, 0) is 68.9 Å². The van der Waals surface area contributed by atoms with Gasteiger partial charge in [-0.2, -0.15) is 0 Å². The van der Waals surface area contributed by atoms with E-state index in [1.807, 2.05) is 50.2 Å². The molecule has 0 aliphatic heterocycles. The van der Waals surface area contributed by atoms with Crippen molar-refractivity contribution in [2.24, 2.45) is 5.73 Å². The van der Waals surface area contributed by atoms with Crippen molar-refractivity contribution in [3.8, 4) is 5.75 Å². The van der Waals surface area contributed by atoms with E-state index in [2.05, 4.69) is 12.1 Å². The van der Waals surface area contributed by atoms with Crippen LogP contribution in [-0.4, -0.2) is 23.4 Å². The van der Waals surface area contributed by atoms with E-state index in [0.717, 1.165) is 42.0 Å². The second-order valence-corrected chi connectivity index (χ2v) is 7.34. The van der Waals surface area contributed by atoms with Gasteiger partial charge in [-0.1, -0.05) is 41.9 Å². The fraction of sp³-hybridized carbons (Fsp3) is 0.429. The van der Waals surface area contributed by atoms with Crippen LogP contribution in [-0.2, 0) is 12.8 Å². The highest BCUT2D eigenvalue weighted by Crippen LogP contribution is 2.26. The molecule has 3 N–H and O–H groups in total. The average Bonchev–Trinajstić information content (AvgIpc) is 2.59. The highest BCUT2D eigenvalue weighted by atomic mass is 35.5. The van der Waals surface area contributed by atoms with E-state index in [4.69, 9.17) is 22.1 Å². The Bertz CT molecular complexity index is 677. The SMILES string of the molecule is CC(C)(Oc1ccccc1CCCCc1cccc(Cl)c1)C(O)CN.Cl. The van der Waals surface area contributed by atoms with E-state index in [-0.39, 0.29) is 19.0 Å². The number of aryl methyl sites for hydroxylation is 2. The van der Waals surface area contributed by atoms with Gasteiger partial charge in [0.2, 0.25) is 0 Å². The first-order valence-corrected chi connectivity index (χ1v) is 9.19. The van der Waals surface area contributed by atoms with E-state index in [9.17, 15) is 5.11 Å². The number of benzene rings is 2. The minimum absolute atomic E-state index is 0. The van der Waals surface area contributed by atoms with Gasteiger partial charge in [-0.15, -0.1) is 12.4 Å². The molecule has 0 aliphatic carbocycles. The Morgan fingerprint density at radius 1 is 1.08 bits per heavy atom. The first kappa shape index (κ1) is 22.8. The van der Waals surface area contributed by atoms with Crippen molar-refractivity contribution >= 4 is 24.0 Å². The van der Waals surface area contributed by atoms with Gasteiger partial charge >= 0.3 is 0 Å². The molecule has 144 valence electrons. The van der Waals surface area contributed by atoms with Gasteiger partial charge in [-0.25, -0.2) is 0 Å². The van der Waals surface area contributed by atoms with Crippen LogP contribution in [0.4, 0.5) is 0 Å². The van der Waals surface area contributed by atoms with Gasteiger partial charge in [0.25, 0.3) is 0 Å². The molecule has 0 spiro atoms. The van der Waals surface area contributed by atoms with Crippen molar-refractivity contribution in [1.82, 2.24) is 0 Å². The molecule has 0 heterocycles. The standard InChI is InChI=1S/C21H28ClNO2.ClH/c1-21(2,20(24)15-23)25-19-13-6-5-11-17(19)10-4-3-8-16-9-7-12-18(22)14-16;/h5-7,9,11-14,20,24H,3-4,8,10,15,23H2,1-2H3;1H. The Balaban J connectivity index is 0.00000338. The molecule has 0 radical (unpaired) electrons. The smallest absolute Gasteiger partial charge is 0.130 e. The number of aliphatic hydroxyl groups excluding tert-OH is 1. The Labute approximate surface area is 167 Å². The van der Waals surface area contributed by atoms with Gasteiger partial charge in [0, 0.05) is 11.6 Å². The topological polar surface area (TPSA) is 55.5 Å². The van der Waals surface area contributed by atoms with Crippen molar-refractivity contribution in [1.29, 1.82) is 0 Å². The number of unbranched alkanes of at least 4 members (excludes halogenated alkanes) is 1. The van der Waals surface area contributed by atoms with E-state index in [1.165, 1.54) is 5.56 Å². The number of hydrogen-bond acceptors (Lipinski definition) is 3. The van der Waals surface area contributed by atoms with Crippen LogP contribution in [0.5, 0.6) is 5.75 Å². The predicted molar refractivity (Wildman–Crippen MR) is 112 cm³/mol. The molecule has 2 rings (SSSR count). The molecule has 2 aromatic rings. The molecule has 3 nitrogen and oxygen atoms in total. The summed E-state index contributed by atoms with van der Waals surface area (Å²) in [4.78, 5) is 0. The van der Waals surface area contributed by atoms with Crippen LogP contribution in [0.3, 0.4) is 0 Å². The van der Waals surface area contributed by atoms with E-state index < -0.39 is 11.7 Å². The van der Waals surface area contributed by atoms with E-state index in [0.29, 0.717) is 0 Å². The third kappa shape index (κ3) is 6.81. The van der Waals surface area contributed by atoms with Crippen molar-refractivity contribution in [2.75, 3.05) is 6.54 Å². The van der Waals surface area contributed by atoms with Crippen molar-refractivity contribution in [3.05, 3.63) is 64.7 Å². The number of aliphatic hydroxyl groups is 1. The lowest BCUT2D eigenvalue weighted by atomic mass is 10.00. The minimum Gasteiger partial charge on any atom is -0.485 e. The normalized spacial score (nSPS) is 12.3. The second-order valence-electron chi connectivity index (χ2n) is 6.90. The molecule has 26 heavy (non-hydrogen) atoms. The molecule has 5 heteroatoms. The summed E-state index contributed by atoms with van der Waals surface area (Å²) in [6.45, 7) is 3.90. The zero-order chi connectivity index (χ0) is 18.3. The molecule has 1 unspecified atom stereocenters. The lowest BCUT2D eigenvalue weighted by molar-refractivity contribution is -0.0233. The molecule has 1 atom stereocenters. The highest BCUT2D eigenvalue weighted by Gasteiger charge is 2.29. The Kier molecular flexibility index (Phi) is 9.45.